The molecule has 4 heterocycles. The number of carbonyl (C=O) groups excluding carboxylic acids is 1. The molecule has 9 heteroatoms. The Labute approximate surface area is 184 Å². The number of hydrogen-bond donors (Lipinski definition) is 4. The molecule has 1 atom stereocenters. The first-order valence-corrected chi connectivity index (χ1v) is 10.4. The first kappa shape index (κ1) is 19.8. The number of aromatic nitrogens is 4. The van der Waals surface area contributed by atoms with Crippen LogP contribution in [0.1, 0.15) is 16.8 Å². The Kier molecular flexibility index (Phi) is 5.30. The fourth-order valence-electron chi connectivity index (χ4n) is 3.73. The topological polar surface area (TPSA) is 131 Å². The zero-order valence-electron chi connectivity index (χ0n) is 17.2. The number of carbonyl (C=O) groups is 1. The van der Waals surface area contributed by atoms with Gasteiger partial charge in [-0.3, -0.25) is 9.78 Å². The molecule has 1 saturated heterocycles. The van der Waals surface area contributed by atoms with Gasteiger partial charge in [0, 0.05) is 47.2 Å². The second-order valence-corrected chi connectivity index (χ2v) is 7.62. The molecule has 0 radical (unpaired) electrons. The molecule has 0 saturated carbocycles. The molecule has 1 amide bonds. The number of pyridine rings is 2. The molecule has 1 aliphatic rings. The Hall–Kier alpha value is -4.11. The van der Waals surface area contributed by atoms with E-state index >= 15 is 0 Å². The largest absolute Gasteiger partial charge is 0.366 e. The van der Waals surface area contributed by atoms with Crippen LogP contribution in [-0.4, -0.2) is 45.0 Å². The average molecular weight is 426 g/mol. The van der Waals surface area contributed by atoms with E-state index < -0.39 is 5.91 Å². The molecule has 3 aromatic heterocycles. The molecule has 160 valence electrons. The maximum absolute atomic E-state index is 11.5. The van der Waals surface area contributed by atoms with E-state index in [1.54, 1.807) is 36.8 Å². The minimum atomic E-state index is -0.481. The number of fused-ring (bicyclic) bond motifs is 1. The van der Waals surface area contributed by atoms with Crippen LogP contribution in [0.15, 0.2) is 61.1 Å². The lowest BCUT2D eigenvalue weighted by molar-refractivity contribution is 0.100. The van der Waals surface area contributed by atoms with E-state index in [4.69, 9.17) is 15.7 Å². The maximum atomic E-state index is 11.5. The Morgan fingerprint density at radius 2 is 2.06 bits per heavy atom. The average Bonchev–Trinajstić information content (AvgIpc) is 3.32. The smallest absolute Gasteiger partial charge is 0.248 e. The summed E-state index contributed by atoms with van der Waals surface area (Å²) in [7, 11) is 0. The van der Waals surface area contributed by atoms with Crippen molar-refractivity contribution >= 4 is 34.1 Å². The number of hydrogen-bond acceptors (Lipinski definition) is 8. The van der Waals surface area contributed by atoms with Gasteiger partial charge in [-0.2, -0.15) is 0 Å². The lowest BCUT2D eigenvalue weighted by Gasteiger charge is -2.15. The van der Waals surface area contributed by atoms with Crippen LogP contribution in [0.2, 0.25) is 0 Å². The number of amides is 1. The van der Waals surface area contributed by atoms with E-state index in [1.807, 2.05) is 24.3 Å². The molecular formula is C23H22N8O. The third-order valence-corrected chi connectivity index (χ3v) is 5.34. The standard InChI is InChI=1S/C23H22N8O/c24-21(32)14-2-1-3-16(10-14)28-20-11-15(4-9-27-20)22-30-19-13-26-8-6-18(19)23(31-22)29-17-5-7-25-12-17/h1-4,6,8-11,13,17,25H,5,7,12H2,(H2,24,32)(H,27,28)(H,29,30,31). The Balaban J connectivity index is 1.48. The number of nitrogens with one attached hydrogen (secondary N) is 3. The molecule has 5 N–H and O–H groups in total. The SMILES string of the molecule is NC(=O)c1cccc(Nc2cc(-c3nc(NC4CCNC4)c4ccncc4n3)ccn2)c1. The van der Waals surface area contributed by atoms with Crippen LogP contribution >= 0.6 is 0 Å². The van der Waals surface area contributed by atoms with Crippen molar-refractivity contribution in [2.75, 3.05) is 23.7 Å². The lowest BCUT2D eigenvalue weighted by Crippen LogP contribution is -2.23. The van der Waals surface area contributed by atoms with Crippen molar-refractivity contribution in [3.05, 3.63) is 66.6 Å². The van der Waals surface area contributed by atoms with E-state index in [0.29, 0.717) is 28.9 Å². The molecule has 1 aromatic carbocycles. The Morgan fingerprint density at radius 1 is 1.12 bits per heavy atom. The van der Waals surface area contributed by atoms with Gasteiger partial charge in [-0.05, 0) is 49.4 Å². The molecule has 0 bridgehead atoms. The molecule has 0 aliphatic carbocycles. The van der Waals surface area contributed by atoms with Crippen LogP contribution in [0.5, 0.6) is 0 Å². The van der Waals surface area contributed by atoms with Crippen LogP contribution in [0, 0.1) is 0 Å². The molecular weight excluding hydrogens is 404 g/mol. The molecule has 5 rings (SSSR count). The predicted octanol–water partition coefficient (Wildman–Crippen LogP) is 2.70. The number of nitrogens with two attached hydrogens (primary N) is 1. The second kappa shape index (κ2) is 8.56. The summed E-state index contributed by atoms with van der Waals surface area (Å²) in [6, 6.07) is 12.9. The van der Waals surface area contributed by atoms with Gasteiger partial charge in [-0.1, -0.05) is 6.07 Å². The van der Waals surface area contributed by atoms with E-state index in [1.165, 1.54) is 0 Å². The van der Waals surface area contributed by atoms with Crippen molar-refractivity contribution in [3.8, 4) is 11.4 Å². The maximum Gasteiger partial charge on any atom is 0.248 e. The van der Waals surface area contributed by atoms with Crippen molar-refractivity contribution in [2.24, 2.45) is 5.73 Å². The van der Waals surface area contributed by atoms with Crippen molar-refractivity contribution in [3.63, 3.8) is 0 Å². The summed E-state index contributed by atoms with van der Waals surface area (Å²) in [5.74, 6) is 1.50. The van der Waals surface area contributed by atoms with Gasteiger partial charge in [0.1, 0.15) is 11.6 Å². The summed E-state index contributed by atoms with van der Waals surface area (Å²) >= 11 is 0. The molecule has 9 nitrogen and oxygen atoms in total. The number of anilines is 3. The van der Waals surface area contributed by atoms with Crippen LogP contribution in [0.4, 0.5) is 17.3 Å². The van der Waals surface area contributed by atoms with Gasteiger partial charge in [-0.15, -0.1) is 0 Å². The molecule has 32 heavy (non-hydrogen) atoms. The van der Waals surface area contributed by atoms with Gasteiger partial charge < -0.3 is 21.7 Å². The number of benzene rings is 1. The number of nitrogens with zero attached hydrogens (tertiary/aromatic N) is 4. The molecule has 0 spiro atoms. The molecule has 4 aromatic rings. The van der Waals surface area contributed by atoms with E-state index in [9.17, 15) is 4.79 Å². The number of primary amides is 1. The lowest BCUT2D eigenvalue weighted by atomic mass is 10.2. The van der Waals surface area contributed by atoms with Gasteiger partial charge in [0.25, 0.3) is 0 Å². The molecule has 1 unspecified atom stereocenters. The monoisotopic (exact) mass is 426 g/mol. The van der Waals surface area contributed by atoms with E-state index in [-0.39, 0.29) is 0 Å². The minimum absolute atomic E-state index is 0.321. The summed E-state index contributed by atoms with van der Waals surface area (Å²) < 4.78 is 0. The Morgan fingerprint density at radius 3 is 2.91 bits per heavy atom. The summed E-state index contributed by atoms with van der Waals surface area (Å²) in [6.45, 7) is 1.89. The zero-order chi connectivity index (χ0) is 21.9. The summed E-state index contributed by atoms with van der Waals surface area (Å²) in [6.07, 6.45) is 6.23. The van der Waals surface area contributed by atoms with Crippen LogP contribution in [-0.2, 0) is 0 Å². The fraction of sp³-hybridized carbons (Fsp3) is 0.174. The van der Waals surface area contributed by atoms with Crippen molar-refractivity contribution in [1.29, 1.82) is 0 Å². The van der Waals surface area contributed by atoms with Crippen LogP contribution in [0.25, 0.3) is 22.3 Å². The second-order valence-electron chi connectivity index (χ2n) is 7.62. The molecule has 1 aliphatic heterocycles. The first-order chi connectivity index (χ1) is 15.7. The highest BCUT2D eigenvalue weighted by atomic mass is 16.1. The third-order valence-electron chi connectivity index (χ3n) is 5.34. The van der Waals surface area contributed by atoms with Crippen molar-refractivity contribution in [2.45, 2.75) is 12.5 Å². The normalized spacial score (nSPS) is 15.6. The van der Waals surface area contributed by atoms with Gasteiger partial charge in [-0.25, -0.2) is 15.0 Å². The Bertz CT molecular complexity index is 1290. The predicted molar refractivity (Wildman–Crippen MR) is 124 cm³/mol. The summed E-state index contributed by atoms with van der Waals surface area (Å²) in [5.41, 5.74) is 8.10. The van der Waals surface area contributed by atoms with E-state index in [2.05, 4.69) is 25.9 Å². The molecule has 1 fully saturated rings. The van der Waals surface area contributed by atoms with E-state index in [0.717, 1.165) is 41.8 Å². The van der Waals surface area contributed by atoms with Gasteiger partial charge in [0.05, 0.1) is 11.7 Å². The first-order valence-electron chi connectivity index (χ1n) is 10.4. The highest BCUT2D eigenvalue weighted by molar-refractivity contribution is 5.94. The fourth-order valence-corrected chi connectivity index (χ4v) is 3.73. The van der Waals surface area contributed by atoms with Gasteiger partial charge >= 0.3 is 0 Å². The number of rotatable bonds is 6. The van der Waals surface area contributed by atoms with Crippen molar-refractivity contribution in [1.82, 2.24) is 25.3 Å². The van der Waals surface area contributed by atoms with Crippen LogP contribution < -0.4 is 21.7 Å². The minimum Gasteiger partial charge on any atom is -0.366 e. The highest BCUT2D eigenvalue weighted by Gasteiger charge is 2.17. The zero-order valence-corrected chi connectivity index (χ0v) is 17.2. The van der Waals surface area contributed by atoms with Crippen LogP contribution in [0.3, 0.4) is 0 Å². The third kappa shape index (κ3) is 4.19. The summed E-state index contributed by atoms with van der Waals surface area (Å²) in [5, 5.41) is 11.1. The van der Waals surface area contributed by atoms with Gasteiger partial charge in [0.15, 0.2) is 5.82 Å². The summed E-state index contributed by atoms with van der Waals surface area (Å²) in [4.78, 5) is 29.6. The van der Waals surface area contributed by atoms with Crippen molar-refractivity contribution < 1.29 is 4.79 Å². The van der Waals surface area contributed by atoms with Gasteiger partial charge in [0.2, 0.25) is 5.91 Å². The quantitative estimate of drug-likeness (QED) is 0.370. The highest BCUT2D eigenvalue weighted by Crippen LogP contribution is 2.27.